The third-order valence-corrected chi connectivity index (χ3v) is 6.19. The van der Waals surface area contributed by atoms with E-state index in [0.717, 1.165) is 11.9 Å². The van der Waals surface area contributed by atoms with Crippen molar-refractivity contribution in [2.75, 3.05) is 12.0 Å². The second kappa shape index (κ2) is 10.6. The summed E-state index contributed by atoms with van der Waals surface area (Å²) in [6.45, 7) is 5.78. The van der Waals surface area contributed by atoms with Crippen molar-refractivity contribution in [2.45, 2.75) is 45.3 Å². The Morgan fingerprint density at radius 2 is 1.75 bits per heavy atom. The van der Waals surface area contributed by atoms with E-state index in [-0.39, 0.29) is 18.4 Å². The van der Waals surface area contributed by atoms with Gasteiger partial charge in [-0.25, -0.2) is 4.68 Å². The minimum absolute atomic E-state index is 0.120. The van der Waals surface area contributed by atoms with Crippen LogP contribution >= 0.6 is 0 Å². The number of methoxy groups -OCH3 is 1. The summed E-state index contributed by atoms with van der Waals surface area (Å²) in [5.41, 5.74) is 2.03. The molecule has 4 aromatic rings. The van der Waals surface area contributed by atoms with Crippen molar-refractivity contribution < 1.29 is 14.3 Å². The van der Waals surface area contributed by atoms with Crippen LogP contribution in [-0.2, 0) is 16.1 Å². The van der Waals surface area contributed by atoms with Gasteiger partial charge in [0.2, 0.25) is 11.8 Å². The Morgan fingerprint density at radius 3 is 2.47 bits per heavy atom. The summed E-state index contributed by atoms with van der Waals surface area (Å²) in [6.07, 6.45) is 3.93. The summed E-state index contributed by atoms with van der Waals surface area (Å²) >= 11 is 0. The molecular formula is C27H30N6O3. The number of rotatable bonds is 9. The van der Waals surface area contributed by atoms with E-state index in [4.69, 9.17) is 4.74 Å². The zero-order valence-electron chi connectivity index (χ0n) is 20.9. The molecule has 9 nitrogen and oxygen atoms in total. The third-order valence-electron chi connectivity index (χ3n) is 6.19. The maximum Gasteiger partial charge on any atom is 0.249 e. The lowest BCUT2D eigenvalue weighted by Gasteiger charge is -2.35. The van der Waals surface area contributed by atoms with Crippen molar-refractivity contribution in [2.24, 2.45) is 0 Å². The molecule has 2 aromatic carbocycles. The van der Waals surface area contributed by atoms with Crippen molar-refractivity contribution in [1.82, 2.24) is 25.3 Å². The monoisotopic (exact) mass is 486 g/mol. The van der Waals surface area contributed by atoms with Crippen molar-refractivity contribution >= 4 is 28.5 Å². The first-order valence-electron chi connectivity index (χ1n) is 11.8. The molecule has 186 valence electrons. The van der Waals surface area contributed by atoms with Crippen LogP contribution in [0.5, 0.6) is 5.75 Å². The molecule has 0 unspecified atom stereocenters. The maximum absolute atomic E-state index is 14.1. The van der Waals surface area contributed by atoms with Gasteiger partial charge in [0.05, 0.1) is 18.3 Å². The zero-order valence-corrected chi connectivity index (χ0v) is 20.9. The number of anilines is 1. The van der Waals surface area contributed by atoms with E-state index in [0.29, 0.717) is 22.5 Å². The van der Waals surface area contributed by atoms with Crippen LogP contribution in [0.15, 0.2) is 73.1 Å². The smallest absolute Gasteiger partial charge is 0.249 e. The first-order chi connectivity index (χ1) is 17.3. The molecule has 0 spiro atoms. The van der Waals surface area contributed by atoms with Crippen LogP contribution in [0.25, 0.3) is 11.0 Å². The highest BCUT2D eigenvalue weighted by Crippen LogP contribution is 2.35. The Bertz CT molecular complexity index is 1350. The van der Waals surface area contributed by atoms with Crippen LogP contribution in [0, 0.1) is 0 Å². The largest absolute Gasteiger partial charge is 0.495 e. The number of amides is 2. The molecule has 0 aliphatic rings. The van der Waals surface area contributed by atoms with E-state index >= 15 is 0 Å². The molecule has 0 saturated heterocycles. The number of carbonyl (C=O) groups is 2. The normalized spacial score (nSPS) is 12.2. The first kappa shape index (κ1) is 24.8. The van der Waals surface area contributed by atoms with Crippen LogP contribution in [0.4, 0.5) is 5.69 Å². The van der Waals surface area contributed by atoms with Gasteiger partial charge in [0.1, 0.15) is 23.9 Å². The highest BCUT2D eigenvalue weighted by Gasteiger charge is 2.36. The topological polar surface area (TPSA) is 102 Å². The number of benzene rings is 2. The SMILES string of the molecule is CCC(C)(C)NC(=O)[C@@H](c1ccncc1)N(C(=O)Cn1nnc2ccccc21)c1ccccc1OC. The lowest BCUT2D eigenvalue weighted by Crippen LogP contribution is -2.51. The van der Waals surface area contributed by atoms with E-state index < -0.39 is 11.6 Å². The minimum Gasteiger partial charge on any atom is -0.495 e. The lowest BCUT2D eigenvalue weighted by atomic mass is 9.98. The fourth-order valence-electron chi connectivity index (χ4n) is 3.94. The average Bonchev–Trinajstić information content (AvgIpc) is 3.30. The van der Waals surface area contributed by atoms with Crippen molar-refractivity contribution in [3.63, 3.8) is 0 Å². The Kier molecular flexibility index (Phi) is 7.28. The average molecular weight is 487 g/mol. The van der Waals surface area contributed by atoms with Crippen LogP contribution in [0.2, 0.25) is 0 Å². The highest BCUT2D eigenvalue weighted by molar-refractivity contribution is 6.02. The Hall–Kier alpha value is -4.27. The number of ether oxygens (including phenoxy) is 1. The maximum atomic E-state index is 14.1. The van der Waals surface area contributed by atoms with Gasteiger partial charge < -0.3 is 10.1 Å². The fourth-order valence-corrected chi connectivity index (χ4v) is 3.94. The Balaban J connectivity index is 1.84. The van der Waals surface area contributed by atoms with Crippen LogP contribution in [-0.4, -0.2) is 44.4 Å². The standard InChI is InChI=1S/C27H30N6O3/c1-5-27(2,3)29-26(35)25(19-14-16-28-17-15-19)33(22-12-8-9-13-23(22)36-4)24(34)18-32-21-11-7-6-10-20(21)30-31-32/h6-17,25H,5,18H2,1-4H3,(H,29,35)/t25-/m1/s1. The number of pyridine rings is 1. The number of hydrogen-bond donors (Lipinski definition) is 1. The first-order valence-corrected chi connectivity index (χ1v) is 11.8. The van der Waals surface area contributed by atoms with Crippen molar-refractivity contribution in [1.29, 1.82) is 0 Å². The van der Waals surface area contributed by atoms with Crippen LogP contribution in [0.3, 0.4) is 0 Å². The number of nitrogens with one attached hydrogen (secondary N) is 1. The summed E-state index contributed by atoms with van der Waals surface area (Å²) in [5.74, 6) is -0.187. The second-order valence-electron chi connectivity index (χ2n) is 9.08. The fraction of sp³-hybridized carbons (Fsp3) is 0.296. The van der Waals surface area contributed by atoms with E-state index in [2.05, 4.69) is 20.6 Å². The molecule has 0 aliphatic carbocycles. The summed E-state index contributed by atoms with van der Waals surface area (Å²) < 4.78 is 7.14. The molecule has 0 fully saturated rings. The number of aromatic nitrogens is 4. The number of nitrogens with zero attached hydrogens (tertiary/aromatic N) is 5. The van der Waals surface area contributed by atoms with Crippen molar-refractivity contribution in [3.8, 4) is 5.75 Å². The molecule has 0 saturated carbocycles. The summed E-state index contributed by atoms with van der Waals surface area (Å²) in [7, 11) is 1.54. The minimum atomic E-state index is -0.975. The molecule has 36 heavy (non-hydrogen) atoms. The number of para-hydroxylation sites is 3. The quantitative estimate of drug-likeness (QED) is 0.385. The van der Waals surface area contributed by atoms with Gasteiger partial charge in [-0.2, -0.15) is 0 Å². The van der Waals surface area contributed by atoms with Gasteiger partial charge in [0.15, 0.2) is 0 Å². The summed E-state index contributed by atoms with van der Waals surface area (Å²) in [4.78, 5) is 33.5. The molecule has 1 atom stereocenters. The molecule has 0 bridgehead atoms. The van der Waals surface area contributed by atoms with Gasteiger partial charge in [-0.15, -0.1) is 5.10 Å². The van der Waals surface area contributed by atoms with Crippen molar-refractivity contribution in [3.05, 3.63) is 78.6 Å². The lowest BCUT2D eigenvalue weighted by molar-refractivity contribution is -0.128. The van der Waals surface area contributed by atoms with Gasteiger partial charge in [0, 0.05) is 17.9 Å². The number of hydrogen-bond acceptors (Lipinski definition) is 6. The second-order valence-corrected chi connectivity index (χ2v) is 9.08. The molecule has 2 heterocycles. The molecule has 0 aliphatic heterocycles. The molecule has 2 amide bonds. The molecule has 9 heteroatoms. The molecule has 4 rings (SSSR count). The van der Waals surface area contributed by atoms with Gasteiger partial charge >= 0.3 is 0 Å². The van der Waals surface area contributed by atoms with E-state index in [1.807, 2.05) is 51.1 Å². The van der Waals surface area contributed by atoms with Gasteiger partial charge in [0.25, 0.3) is 0 Å². The van der Waals surface area contributed by atoms with Gasteiger partial charge in [-0.3, -0.25) is 19.5 Å². The van der Waals surface area contributed by atoms with Crippen LogP contribution < -0.4 is 15.0 Å². The number of fused-ring (bicyclic) bond motifs is 1. The van der Waals surface area contributed by atoms with E-state index in [1.165, 1.54) is 16.7 Å². The third kappa shape index (κ3) is 5.19. The molecular weight excluding hydrogens is 456 g/mol. The highest BCUT2D eigenvalue weighted by atomic mass is 16.5. The number of carbonyl (C=O) groups excluding carboxylic acids is 2. The van der Waals surface area contributed by atoms with Gasteiger partial charge in [-0.05, 0) is 62.2 Å². The molecule has 2 aromatic heterocycles. The predicted molar refractivity (Wildman–Crippen MR) is 137 cm³/mol. The summed E-state index contributed by atoms with van der Waals surface area (Å²) in [5, 5.41) is 11.5. The van der Waals surface area contributed by atoms with Crippen LogP contribution in [0.1, 0.15) is 38.8 Å². The zero-order chi connectivity index (χ0) is 25.7. The van der Waals surface area contributed by atoms with Gasteiger partial charge in [-0.1, -0.05) is 36.4 Å². The predicted octanol–water partition coefficient (Wildman–Crippen LogP) is 3.91. The Labute approximate surface area is 210 Å². The summed E-state index contributed by atoms with van der Waals surface area (Å²) in [6, 6.07) is 17.1. The molecule has 0 radical (unpaired) electrons. The van der Waals surface area contributed by atoms with E-state index in [9.17, 15) is 9.59 Å². The Morgan fingerprint density at radius 1 is 1.06 bits per heavy atom. The van der Waals surface area contributed by atoms with E-state index in [1.54, 1.807) is 42.7 Å². The molecule has 1 N–H and O–H groups in total.